The second kappa shape index (κ2) is 11.1. The van der Waals surface area contributed by atoms with Crippen LogP contribution in [-0.4, -0.2) is 16.6 Å². The molecule has 0 radical (unpaired) electrons. The lowest BCUT2D eigenvalue weighted by atomic mass is 9.90. The van der Waals surface area contributed by atoms with E-state index in [-0.39, 0.29) is 18.3 Å². The molecule has 1 aliphatic heterocycles. The first-order valence-electron chi connectivity index (χ1n) is 9.47. The van der Waals surface area contributed by atoms with Gasteiger partial charge in [0, 0.05) is 22.2 Å². The highest BCUT2D eigenvalue weighted by molar-refractivity contribution is 7.08. The van der Waals surface area contributed by atoms with Gasteiger partial charge in [-0.15, -0.1) is 0 Å². The van der Waals surface area contributed by atoms with Gasteiger partial charge in [0.1, 0.15) is 0 Å². The molecule has 0 aliphatic carbocycles. The van der Waals surface area contributed by atoms with E-state index in [1.165, 1.54) is 16.2 Å². The lowest BCUT2D eigenvalue weighted by Crippen LogP contribution is -2.16. The summed E-state index contributed by atoms with van der Waals surface area (Å²) in [6.07, 6.45) is 6.06. The van der Waals surface area contributed by atoms with Crippen molar-refractivity contribution in [3.8, 4) is 0 Å². The molecule has 1 aliphatic rings. The van der Waals surface area contributed by atoms with Crippen LogP contribution < -0.4 is 0 Å². The summed E-state index contributed by atoms with van der Waals surface area (Å²) in [4.78, 5) is 5.66. The molecule has 0 saturated carbocycles. The summed E-state index contributed by atoms with van der Waals surface area (Å²) in [5.41, 5.74) is 3.52. The smallest absolute Gasteiger partial charge is 0.0577 e. The van der Waals surface area contributed by atoms with Crippen molar-refractivity contribution in [1.82, 2.24) is 4.37 Å². The molecule has 0 unspecified atom stereocenters. The molecular weight excluding hydrogens is 380 g/mol. The zero-order valence-electron chi connectivity index (χ0n) is 18.5. The second-order valence-electron chi connectivity index (χ2n) is 9.77. The van der Waals surface area contributed by atoms with E-state index in [9.17, 15) is 0 Å². The van der Waals surface area contributed by atoms with Crippen molar-refractivity contribution in [3.05, 3.63) is 51.7 Å². The number of hydrogen-bond acceptors (Lipinski definition) is 4. The van der Waals surface area contributed by atoms with Crippen molar-refractivity contribution in [3.63, 3.8) is 0 Å². The average molecular weight is 421 g/mol. The van der Waals surface area contributed by atoms with Crippen LogP contribution in [0.15, 0.2) is 46.2 Å². The van der Waals surface area contributed by atoms with Gasteiger partial charge in [-0.2, -0.15) is 11.3 Å². The quantitative estimate of drug-likeness (QED) is 0.422. The summed E-state index contributed by atoms with van der Waals surface area (Å²) in [7, 11) is 0. The van der Waals surface area contributed by atoms with E-state index in [1.54, 1.807) is 22.9 Å². The van der Waals surface area contributed by atoms with Crippen LogP contribution in [0.25, 0.3) is 0 Å². The Morgan fingerprint density at radius 3 is 1.71 bits per heavy atom. The first-order chi connectivity index (χ1) is 12.3. The van der Waals surface area contributed by atoms with Crippen LogP contribution in [0.4, 0.5) is 0 Å². The molecule has 3 rings (SSSR count). The molecule has 28 heavy (non-hydrogen) atoms. The number of hydrogen-bond donors (Lipinski definition) is 0. The maximum Gasteiger partial charge on any atom is 0.0577 e. The molecule has 0 atom stereocenters. The lowest BCUT2D eigenvalue weighted by molar-refractivity contribution is 0.593. The van der Waals surface area contributed by atoms with E-state index in [0.29, 0.717) is 5.41 Å². The third kappa shape index (κ3) is 9.79. The fourth-order valence-corrected chi connectivity index (χ4v) is 3.66. The summed E-state index contributed by atoms with van der Waals surface area (Å²) in [6, 6.07) is 4.26. The molecular formula is C24H40N2S2. The third-order valence-corrected chi connectivity index (χ3v) is 5.83. The maximum absolute atomic E-state index is 4.31. The largest absolute Gasteiger partial charge is 0.285 e. The Hall–Kier alpha value is -1.26. The van der Waals surface area contributed by atoms with Gasteiger partial charge in [-0.05, 0) is 56.9 Å². The Balaban J connectivity index is 0.000000384. The normalized spacial score (nSPS) is 13.5. The topological polar surface area (TPSA) is 25.2 Å². The van der Waals surface area contributed by atoms with Gasteiger partial charge in [0.15, 0.2) is 0 Å². The molecule has 0 amide bonds. The van der Waals surface area contributed by atoms with Crippen LogP contribution in [0.3, 0.4) is 0 Å². The van der Waals surface area contributed by atoms with Gasteiger partial charge in [-0.1, -0.05) is 75.8 Å². The number of aromatic nitrogens is 1. The van der Waals surface area contributed by atoms with Crippen LogP contribution in [0.2, 0.25) is 0 Å². The van der Waals surface area contributed by atoms with Gasteiger partial charge in [0.05, 0.1) is 6.54 Å². The molecule has 0 bridgehead atoms. The van der Waals surface area contributed by atoms with Crippen molar-refractivity contribution in [2.75, 3.05) is 6.54 Å². The number of thiophene rings is 1. The molecule has 0 spiro atoms. The van der Waals surface area contributed by atoms with E-state index >= 15 is 0 Å². The number of allylic oxidation sites excluding steroid dienone is 1. The van der Waals surface area contributed by atoms with Gasteiger partial charge in [0.2, 0.25) is 0 Å². The Morgan fingerprint density at radius 2 is 1.50 bits per heavy atom. The number of rotatable bonds is 0. The van der Waals surface area contributed by atoms with E-state index < -0.39 is 0 Å². The lowest BCUT2D eigenvalue weighted by Gasteiger charge is -2.16. The Bertz CT molecular complexity index is 658. The fraction of sp³-hybridized carbons (Fsp3) is 0.583. The first kappa shape index (κ1) is 26.7. The molecule has 158 valence electrons. The monoisotopic (exact) mass is 420 g/mol. The summed E-state index contributed by atoms with van der Waals surface area (Å²) >= 11 is 3.35. The van der Waals surface area contributed by atoms with E-state index in [4.69, 9.17) is 0 Å². The van der Waals surface area contributed by atoms with E-state index in [1.807, 2.05) is 6.20 Å². The Morgan fingerprint density at radius 1 is 0.857 bits per heavy atom. The van der Waals surface area contributed by atoms with Crippen molar-refractivity contribution in [2.45, 2.75) is 80.6 Å². The summed E-state index contributed by atoms with van der Waals surface area (Å²) in [6.45, 7) is 20.7. The zero-order chi connectivity index (χ0) is 20.7. The molecule has 4 heteroatoms. The fourth-order valence-electron chi connectivity index (χ4n) is 2.15. The maximum atomic E-state index is 4.31. The molecule has 0 aromatic carbocycles. The number of aliphatic imine (C=N–C) groups is 1. The van der Waals surface area contributed by atoms with Gasteiger partial charge in [-0.3, -0.25) is 4.99 Å². The van der Waals surface area contributed by atoms with Crippen molar-refractivity contribution in [2.24, 2.45) is 10.4 Å². The molecule has 0 saturated heterocycles. The predicted molar refractivity (Wildman–Crippen MR) is 131 cm³/mol. The van der Waals surface area contributed by atoms with Gasteiger partial charge >= 0.3 is 0 Å². The van der Waals surface area contributed by atoms with Crippen LogP contribution >= 0.6 is 22.9 Å². The highest BCUT2D eigenvalue weighted by Crippen LogP contribution is 2.24. The Kier molecular flexibility index (Phi) is 10.6. The summed E-state index contributed by atoms with van der Waals surface area (Å²) in [5, 5.41) is 4.33. The van der Waals surface area contributed by atoms with E-state index in [2.05, 4.69) is 107 Å². The molecule has 0 N–H and O–H groups in total. The minimum atomic E-state index is 0. The average Bonchev–Trinajstić information content (AvgIpc) is 3.28. The summed E-state index contributed by atoms with van der Waals surface area (Å²) < 4.78 is 4.03. The summed E-state index contributed by atoms with van der Waals surface area (Å²) in [5.74, 6) is 0. The highest BCUT2D eigenvalue weighted by atomic mass is 32.1. The van der Waals surface area contributed by atoms with Crippen molar-refractivity contribution in [1.29, 1.82) is 0 Å². The predicted octanol–water partition coefficient (Wildman–Crippen LogP) is 8.17. The van der Waals surface area contributed by atoms with Crippen LogP contribution in [0, 0.1) is 5.41 Å². The second-order valence-corrected chi connectivity index (χ2v) is 11.4. The van der Waals surface area contributed by atoms with Crippen LogP contribution in [0.5, 0.6) is 0 Å². The van der Waals surface area contributed by atoms with Gasteiger partial charge in [-0.25, -0.2) is 4.37 Å². The molecule has 0 fully saturated rings. The third-order valence-electron chi connectivity index (χ3n) is 3.98. The van der Waals surface area contributed by atoms with Gasteiger partial charge < -0.3 is 0 Å². The standard InChI is InChI=1S/C8H13N.C8H12S.C7H11NS.CH4/c1-8(2,3)7-5-4-6-9-7;1-8(2,3)7-4-5-9-6-7;1-7(2,3)6-4-5-8-9-6;/h4-5H,6H2,1-3H3;4-6H,1-3H3;4-5H,1-3H3;1H4. The highest BCUT2D eigenvalue weighted by Gasteiger charge is 2.17. The zero-order valence-corrected chi connectivity index (χ0v) is 20.1. The Labute approximate surface area is 182 Å². The SMILES string of the molecule is C.CC(C)(C)C1=NCC=C1.CC(C)(C)c1ccns1.CC(C)(C)c1ccsc1. The van der Waals surface area contributed by atoms with Crippen molar-refractivity contribution >= 4 is 28.6 Å². The molecule has 2 aromatic rings. The molecule has 3 heterocycles. The minimum Gasteiger partial charge on any atom is -0.285 e. The first-order valence-corrected chi connectivity index (χ1v) is 11.2. The van der Waals surface area contributed by atoms with E-state index in [0.717, 1.165) is 6.54 Å². The molecule has 2 nitrogen and oxygen atoms in total. The van der Waals surface area contributed by atoms with Gasteiger partial charge in [0.25, 0.3) is 0 Å². The van der Waals surface area contributed by atoms with Crippen molar-refractivity contribution < 1.29 is 0 Å². The minimum absolute atomic E-state index is 0. The number of nitrogens with zero attached hydrogens (tertiary/aromatic N) is 2. The van der Waals surface area contributed by atoms with Crippen LogP contribution in [-0.2, 0) is 10.8 Å². The van der Waals surface area contributed by atoms with Crippen LogP contribution in [0.1, 0.15) is 80.2 Å². The molecule has 2 aromatic heterocycles.